The second-order valence-electron chi connectivity index (χ2n) is 4.11. The molecule has 1 heterocycles. The fourth-order valence-corrected chi connectivity index (χ4v) is 3.40. The lowest BCUT2D eigenvalue weighted by molar-refractivity contribution is 0.761. The molecule has 94 valence electrons. The Bertz CT molecular complexity index is 359. The molecule has 2 unspecified atom stereocenters. The van der Waals surface area contributed by atoms with Gasteiger partial charge in [-0.15, -0.1) is 0 Å². The van der Waals surface area contributed by atoms with Crippen molar-refractivity contribution in [2.24, 2.45) is 5.84 Å². The number of nitrogens with zero attached hydrogens (tertiary/aromatic N) is 2. The van der Waals surface area contributed by atoms with Crippen LogP contribution in [-0.4, -0.2) is 27.0 Å². The first-order valence-corrected chi connectivity index (χ1v) is 7.05. The minimum atomic E-state index is 0.502. The minimum Gasteiger partial charge on any atom is -0.365 e. The maximum absolute atomic E-state index is 5.32. The van der Waals surface area contributed by atoms with Gasteiger partial charge in [0.1, 0.15) is 5.82 Å². The number of thioether (sulfide) groups is 1. The molecule has 1 aromatic heterocycles. The molecular weight excluding hydrogens is 234 g/mol. The van der Waals surface area contributed by atoms with Gasteiger partial charge in [0.2, 0.25) is 0 Å². The summed E-state index contributed by atoms with van der Waals surface area (Å²) in [5.74, 6) is 7.87. The quantitative estimate of drug-likeness (QED) is 0.549. The number of nitrogen functional groups attached to an aromatic ring is 1. The maximum Gasteiger partial charge on any atom is 0.160 e. The van der Waals surface area contributed by atoms with E-state index in [1.165, 1.54) is 25.0 Å². The molecule has 17 heavy (non-hydrogen) atoms. The molecule has 0 bridgehead atoms. The van der Waals surface area contributed by atoms with Crippen molar-refractivity contribution in [3.8, 4) is 0 Å². The van der Waals surface area contributed by atoms with Gasteiger partial charge in [-0.3, -0.25) is 4.98 Å². The summed E-state index contributed by atoms with van der Waals surface area (Å²) >= 11 is 2.03. The highest BCUT2D eigenvalue weighted by atomic mass is 32.2. The van der Waals surface area contributed by atoms with Gasteiger partial charge in [0.15, 0.2) is 5.82 Å². The third-order valence-corrected chi connectivity index (χ3v) is 4.27. The number of nitrogens with two attached hydrogens (primary N) is 1. The van der Waals surface area contributed by atoms with Crippen molar-refractivity contribution < 1.29 is 0 Å². The van der Waals surface area contributed by atoms with Gasteiger partial charge in [0, 0.05) is 11.3 Å². The number of hydrogen-bond donors (Lipinski definition) is 3. The lowest BCUT2D eigenvalue weighted by Crippen LogP contribution is -2.27. The zero-order chi connectivity index (χ0) is 12.1. The van der Waals surface area contributed by atoms with Crippen molar-refractivity contribution >= 4 is 23.4 Å². The lowest BCUT2D eigenvalue weighted by Gasteiger charge is -2.20. The Balaban J connectivity index is 1.99. The van der Waals surface area contributed by atoms with E-state index in [2.05, 4.69) is 27.6 Å². The molecule has 0 amide bonds. The summed E-state index contributed by atoms with van der Waals surface area (Å²) in [5.41, 5.74) is 2.51. The van der Waals surface area contributed by atoms with Crippen LogP contribution in [0.15, 0.2) is 12.4 Å². The molecule has 2 atom stereocenters. The second kappa shape index (κ2) is 6.07. The number of rotatable bonds is 5. The van der Waals surface area contributed by atoms with Crippen LogP contribution in [0.2, 0.25) is 0 Å². The van der Waals surface area contributed by atoms with E-state index in [-0.39, 0.29) is 0 Å². The highest BCUT2D eigenvalue weighted by molar-refractivity contribution is 7.99. The molecule has 1 saturated carbocycles. The number of hydrogen-bond acceptors (Lipinski definition) is 6. The molecule has 1 fully saturated rings. The summed E-state index contributed by atoms with van der Waals surface area (Å²) in [7, 11) is 0. The number of nitrogens with one attached hydrogen (secondary N) is 2. The van der Waals surface area contributed by atoms with E-state index in [4.69, 9.17) is 5.84 Å². The highest BCUT2D eigenvalue weighted by Crippen LogP contribution is 2.31. The van der Waals surface area contributed by atoms with E-state index in [9.17, 15) is 0 Å². The maximum atomic E-state index is 5.32. The first-order chi connectivity index (χ1) is 8.33. The standard InChI is InChI=1S/C11H19N5S/c1-2-17-9-5-3-4-8(9)14-10-6-13-7-11(15-10)16-12/h6-9H,2-5,12H2,1H3,(H2,14,15,16). The largest absolute Gasteiger partial charge is 0.365 e. The Morgan fingerprint density at radius 1 is 1.41 bits per heavy atom. The van der Waals surface area contributed by atoms with Crippen LogP contribution in [0.1, 0.15) is 26.2 Å². The average molecular weight is 253 g/mol. The van der Waals surface area contributed by atoms with Crippen molar-refractivity contribution in [2.75, 3.05) is 16.5 Å². The summed E-state index contributed by atoms with van der Waals surface area (Å²) in [6.45, 7) is 2.21. The molecule has 2 rings (SSSR count). The third kappa shape index (κ3) is 3.23. The minimum absolute atomic E-state index is 0.502. The fourth-order valence-electron chi connectivity index (χ4n) is 2.20. The number of hydrazine groups is 1. The summed E-state index contributed by atoms with van der Waals surface area (Å²) in [6, 6.07) is 0.502. The molecular formula is C11H19N5S. The molecule has 0 aromatic carbocycles. The van der Waals surface area contributed by atoms with Crippen LogP contribution in [-0.2, 0) is 0 Å². The zero-order valence-corrected chi connectivity index (χ0v) is 10.8. The van der Waals surface area contributed by atoms with Crippen LogP contribution >= 0.6 is 11.8 Å². The Kier molecular flexibility index (Phi) is 4.44. The molecule has 0 spiro atoms. The monoisotopic (exact) mass is 253 g/mol. The van der Waals surface area contributed by atoms with E-state index in [0.717, 1.165) is 5.82 Å². The van der Waals surface area contributed by atoms with E-state index < -0.39 is 0 Å². The number of aromatic nitrogens is 2. The lowest BCUT2D eigenvalue weighted by atomic mass is 10.2. The van der Waals surface area contributed by atoms with Crippen molar-refractivity contribution in [3.05, 3.63) is 12.4 Å². The van der Waals surface area contributed by atoms with Crippen LogP contribution in [0.3, 0.4) is 0 Å². The second-order valence-corrected chi connectivity index (χ2v) is 5.63. The van der Waals surface area contributed by atoms with Gasteiger partial charge in [-0.05, 0) is 18.6 Å². The summed E-state index contributed by atoms with van der Waals surface area (Å²) in [4.78, 5) is 8.42. The summed E-state index contributed by atoms with van der Waals surface area (Å²) < 4.78 is 0. The van der Waals surface area contributed by atoms with Gasteiger partial charge in [-0.2, -0.15) is 11.8 Å². The van der Waals surface area contributed by atoms with Crippen molar-refractivity contribution in [1.82, 2.24) is 9.97 Å². The molecule has 0 aliphatic heterocycles. The van der Waals surface area contributed by atoms with Gasteiger partial charge < -0.3 is 10.7 Å². The van der Waals surface area contributed by atoms with Crippen LogP contribution in [0.5, 0.6) is 0 Å². The van der Waals surface area contributed by atoms with Gasteiger partial charge in [0.25, 0.3) is 0 Å². The zero-order valence-electron chi connectivity index (χ0n) is 10.0. The Morgan fingerprint density at radius 3 is 3.00 bits per heavy atom. The fraction of sp³-hybridized carbons (Fsp3) is 0.636. The van der Waals surface area contributed by atoms with Crippen LogP contribution in [0.4, 0.5) is 11.6 Å². The molecule has 6 heteroatoms. The highest BCUT2D eigenvalue weighted by Gasteiger charge is 2.27. The Labute approximate surface area is 106 Å². The molecule has 5 nitrogen and oxygen atoms in total. The van der Waals surface area contributed by atoms with Gasteiger partial charge in [-0.25, -0.2) is 10.8 Å². The number of anilines is 2. The van der Waals surface area contributed by atoms with Crippen molar-refractivity contribution in [1.29, 1.82) is 0 Å². The first-order valence-electron chi connectivity index (χ1n) is 6.00. The summed E-state index contributed by atoms with van der Waals surface area (Å²) in [5, 5.41) is 4.15. The first kappa shape index (κ1) is 12.4. The van der Waals surface area contributed by atoms with Crippen molar-refractivity contribution in [2.45, 2.75) is 37.5 Å². The van der Waals surface area contributed by atoms with E-state index in [0.29, 0.717) is 17.1 Å². The summed E-state index contributed by atoms with van der Waals surface area (Å²) in [6.07, 6.45) is 7.14. The molecule has 0 radical (unpaired) electrons. The molecule has 0 saturated heterocycles. The third-order valence-electron chi connectivity index (χ3n) is 2.95. The Morgan fingerprint density at radius 2 is 2.24 bits per heavy atom. The van der Waals surface area contributed by atoms with E-state index >= 15 is 0 Å². The Hall–Kier alpha value is -1.01. The molecule has 1 aliphatic carbocycles. The predicted molar refractivity (Wildman–Crippen MR) is 73.0 cm³/mol. The molecule has 1 aliphatic rings. The van der Waals surface area contributed by atoms with Gasteiger partial charge >= 0.3 is 0 Å². The smallest absolute Gasteiger partial charge is 0.160 e. The van der Waals surface area contributed by atoms with Gasteiger partial charge in [0.05, 0.1) is 12.4 Å². The van der Waals surface area contributed by atoms with Crippen LogP contribution in [0, 0.1) is 0 Å². The van der Waals surface area contributed by atoms with Crippen LogP contribution in [0.25, 0.3) is 0 Å². The molecule has 4 N–H and O–H groups in total. The average Bonchev–Trinajstić information content (AvgIpc) is 2.78. The van der Waals surface area contributed by atoms with E-state index in [1.54, 1.807) is 12.4 Å². The predicted octanol–water partition coefficient (Wildman–Crippen LogP) is 1.85. The SMILES string of the molecule is CCSC1CCCC1Nc1cncc(NN)n1. The topological polar surface area (TPSA) is 75.9 Å². The van der Waals surface area contributed by atoms with Crippen LogP contribution < -0.4 is 16.6 Å². The van der Waals surface area contributed by atoms with Gasteiger partial charge in [-0.1, -0.05) is 13.3 Å². The van der Waals surface area contributed by atoms with Crippen molar-refractivity contribution in [3.63, 3.8) is 0 Å². The van der Waals surface area contributed by atoms with E-state index in [1.807, 2.05) is 11.8 Å². The molecule has 1 aromatic rings. The normalized spacial score (nSPS) is 23.6.